The highest BCUT2D eigenvalue weighted by molar-refractivity contribution is 6.35. The highest BCUT2D eigenvalue weighted by atomic mass is 35.5. The molecule has 2 fully saturated rings. The third-order valence-electron chi connectivity index (χ3n) is 6.46. The number of aromatic nitrogens is 2. The number of H-pyrrole nitrogens is 1. The summed E-state index contributed by atoms with van der Waals surface area (Å²) in [6.07, 6.45) is 2.98. The van der Waals surface area contributed by atoms with Gasteiger partial charge >= 0.3 is 6.09 Å². The first-order chi connectivity index (χ1) is 16.4. The lowest BCUT2D eigenvalue weighted by molar-refractivity contribution is 0.0387. The van der Waals surface area contributed by atoms with E-state index in [9.17, 15) is 14.4 Å². The number of pyridine rings is 1. The van der Waals surface area contributed by atoms with E-state index in [1.165, 1.54) is 7.05 Å². The highest BCUT2D eigenvalue weighted by Gasteiger charge is 2.42. The van der Waals surface area contributed by atoms with Crippen LogP contribution in [0.4, 0.5) is 14.9 Å². The fraction of sp³-hybridized carbons (Fsp3) is 0.480. The molecule has 2 aliphatic heterocycles. The first-order valence-corrected chi connectivity index (χ1v) is 11.9. The van der Waals surface area contributed by atoms with Gasteiger partial charge in [-0.3, -0.25) is 4.90 Å². The molecule has 0 saturated carbocycles. The van der Waals surface area contributed by atoms with E-state index in [4.69, 9.17) is 16.3 Å². The molecule has 0 unspecified atom stereocenters. The Kier molecular flexibility index (Phi) is 6.56. The van der Waals surface area contributed by atoms with Crippen LogP contribution in [0.3, 0.4) is 0 Å². The summed E-state index contributed by atoms with van der Waals surface area (Å²) in [6, 6.07) is 2.51. The standard InChI is InChI=1S/C25H30ClFN6O2/c1-14(27)9-18(32(6)24(34)35-25(2,3)4)21-16(10-28)20-22(17(26)11-29-23(20)30-21)33-8-7-15-12-31(5)13-19(15)33/h9,11,15,19H,1,7-8,12-13H2,2-6H3,(H,29,30)/b18-9+/t15-,19+/m0/s1. The van der Waals surface area contributed by atoms with Crippen molar-refractivity contribution in [1.82, 2.24) is 19.8 Å². The second-order valence-corrected chi connectivity index (χ2v) is 10.6. The Morgan fingerprint density at radius 3 is 2.80 bits per heavy atom. The molecule has 0 bridgehead atoms. The lowest BCUT2D eigenvalue weighted by atomic mass is 10.0. The second-order valence-electron chi connectivity index (χ2n) is 10.2. The third kappa shape index (κ3) is 4.73. The molecule has 2 atom stereocenters. The number of likely N-dealkylation sites (N-methyl/N-ethyl adjacent to an activating group) is 1. The van der Waals surface area contributed by atoms with Crippen LogP contribution >= 0.6 is 11.6 Å². The van der Waals surface area contributed by atoms with Crippen LogP contribution in [-0.4, -0.2) is 71.2 Å². The van der Waals surface area contributed by atoms with Gasteiger partial charge in [0.05, 0.1) is 39.2 Å². The predicted molar refractivity (Wildman–Crippen MR) is 135 cm³/mol. The number of nitriles is 1. The molecule has 0 spiro atoms. The first-order valence-electron chi connectivity index (χ1n) is 11.5. The molecule has 8 nitrogen and oxygen atoms in total. The molecule has 186 valence electrons. The monoisotopic (exact) mass is 500 g/mol. The van der Waals surface area contributed by atoms with Crippen molar-refractivity contribution in [3.8, 4) is 6.07 Å². The van der Waals surface area contributed by atoms with Crippen molar-refractivity contribution in [3.63, 3.8) is 0 Å². The number of hydrogen-bond donors (Lipinski definition) is 1. The fourth-order valence-electron chi connectivity index (χ4n) is 5.06. The summed E-state index contributed by atoms with van der Waals surface area (Å²) >= 11 is 6.68. The molecule has 2 aromatic rings. The number of amides is 1. The quantitative estimate of drug-likeness (QED) is 0.599. The molecule has 35 heavy (non-hydrogen) atoms. The summed E-state index contributed by atoms with van der Waals surface area (Å²) in [7, 11) is 3.55. The zero-order valence-electron chi connectivity index (χ0n) is 20.7. The normalized spacial score (nSPS) is 20.7. The number of hydrogen-bond acceptors (Lipinski definition) is 6. The van der Waals surface area contributed by atoms with Gasteiger partial charge in [-0.15, -0.1) is 0 Å². The van der Waals surface area contributed by atoms with E-state index >= 15 is 0 Å². The number of carbonyl (C=O) groups excluding carboxylic acids is 1. The smallest absolute Gasteiger partial charge is 0.414 e. The van der Waals surface area contributed by atoms with Crippen molar-refractivity contribution in [1.29, 1.82) is 5.26 Å². The maximum absolute atomic E-state index is 14.1. The van der Waals surface area contributed by atoms with Gasteiger partial charge in [0.1, 0.15) is 23.1 Å². The van der Waals surface area contributed by atoms with Crippen molar-refractivity contribution in [2.75, 3.05) is 38.6 Å². The van der Waals surface area contributed by atoms with Crippen molar-refractivity contribution >= 4 is 40.1 Å². The molecule has 1 amide bonds. The summed E-state index contributed by atoms with van der Waals surface area (Å²) < 4.78 is 19.5. The molecule has 0 aromatic carbocycles. The average molecular weight is 501 g/mol. The number of allylic oxidation sites excluding steroid dienone is 2. The van der Waals surface area contributed by atoms with Crippen LogP contribution in [0.2, 0.25) is 5.02 Å². The van der Waals surface area contributed by atoms with Crippen molar-refractivity contribution in [3.05, 3.63) is 41.0 Å². The number of anilines is 1. The van der Waals surface area contributed by atoms with E-state index in [-0.39, 0.29) is 23.0 Å². The largest absolute Gasteiger partial charge is 0.443 e. The lowest BCUT2D eigenvalue weighted by Crippen LogP contribution is -2.34. The van der Waals surface area contributed by atoms with Gasteiger partial charge in [0.2, 0.25) is 0 Å². The number of nitrogens with zero attached hydrogens (tertiary/aromatic N) is 5. The van der Waals surface area contributed by atoms with Gasteiger partial charge in [-0.05, 0) is 46.2 Å². The summed E-state index contributed by atoms with van der Waals surface area (Å²) in [5.74, 6) is -0.257. The van der Waals surface area contributed by atoms with Gasteiger partial charge in [0, 0.05) is 32.7 Å². The maximum atomic E-state index is 14.1. The van der Waals surface area contributed by atoms with Crippen LogP contribution in [-0.2, 0) is 4.74 Å². The maximum Gasteiger partial charge on any atom is 0.414 e. The molecule has 2 aromatic heterocycles. The number of halogens is 2. The number of rotatable bonds is 4. The SMILES string of the molecule is C=C(F)/C=C(\c1[nH]c2ncc(Cl)c(N3CC[C@H]4CN(C)C[C@H]43)c2c1C#N)N(C)C(=O)OC(C)(C)C. The Bertz CT molecular complexity index is 1260. The molecule has 4 heterocycles. The van der Waals surface area contributed by atoms with E-state index in [1.54, 1.807) is 27.0 Å². The zero-order valence-corrected chi connectivity index (χ0v) is 21.4. The molecule has 4 rings (SSSR count). The molecular weight excluding hydrogens is 471 g/mol. The first kappa shape index (κ1) is 25.0. The van der Waals surface area contributed by atoms with E-state index in [0.29, 0.717) is 22.0 Å². The Balaban J connectivity index is 1.87. The molecule has 0 aliphatic carbocycles. The summed E-state index contributed by atoms with van der Waals surface area (Å²) in [4.78, 5) is 26.1. The van der Waals surface area contributed by atoms with Gasteiger partial charge in [-0.1, -0.05) is 18.2 Å². The van der Waals surface area contributed by atoms with Gasteiger partial charge < -0.3 is 19.5 Å². The van der Waals surface area contributed by atoms with Crippen LogP contribution in [0.15, 0.2) is 24.7 Å². The van der Waals surface area contributed by atoms with Crippen LogP contribution < -0.4 is 4.90 Å². The molecule has 2 aliphatic rings. The highest BCUT2D eigenvalue weighted by Crippen LogP contribution is 2.43. The number of ether oxygens (including phenoxy) is 1. The Morgan fingerprint density at radius 1 is 1.46 bits per heavy atom. The number of fused-ring (bicyclic) bond motifs is 2. The zero-order chi connectivity index (χ0) is 25.7. The number of likely N-dealkylation sites (tertiary alicyclic amines) is 1. The second kappa shape index (κ2) is 9.17. The molecule has 2 saturated heterocycles. The van der Waals surface area contributed by atoms with Crippen molar-refractivity contribution in [2.24, 2.45) is 5.92 Å². The number of nitrogens with one attached hydrogen (secondary N) is 1. The Morgan fingerprint density at radius 2 is 2.17 bits per heavy atom. The van der Waals surface area contributed by atoms with Crippen LogP contribution in [0.5, 0.6) is 0 Å². The van der Waals surface area contributed by atoms with Gasteiger partial charge in [-0.2, -0.15) is 5.26 Å². The molecule has 0 radical (unpaired) electrons. The minimum Gasteiger partial charge on any atom is -0.443 e. The predicted octanol–water partition coefficient (Wildman–Crippen LogP) is 4.92. The van der Waals surface area contributed by atoms with Gasteiger partial charge in [0.15, 0.2) is 0 Å². The van der Waals surface area contributed by atoms with Crippen molar-refractivity contribution < 1.29 is 13.9 Å². The van der Waals surface area contributed by atoms with E-state index in [2.05, 4.69) is 39.5 Å². The van der Waals surface area contributed by atoms with Crippen molar-refractivity contribution in [2.45, 2.75) is 38.8 Å². The molecule has 1 N–H and O–H groups in total. The minimum absolute atomic E-state index is 0.100. The minimum atomic E-state index is -0.777. The average Bonchev–Trinajstić information content (AvgIpc) is 3.42. The van der Waals surface area contributed by atoms with E-state index < -0.39 is 17.5 Å². The van der Waals surface area contributed by atoms with E-state index in [1.807, 2.05) is 0 Å². The molecular formula is C25H30ClFN6O2. The van der Waals surface area contributed by atoms with E-state index in [0.717, 1.165) is 42.7 Å². The Labute approximate surface area is 209 Å². The van der Waals surface area contributed by atoms with Crippen LogP contribution in [0.1, 0.15) is 38.4 Å². The third-order valence-corrected chi connectivity index (χ3v) is 6.73. The summed E-state index contributed by atoms with van der Waals surface area (Å²) in [6.45, 7) is 11.3. The number of aromatic amines is 1. The fourth-order valence-corrected chi connectivity index (χ4v) is 5.32. The number of carbonyl (C=O) groups is 1. The van der Waals surface area contributed by atoms with Gasteiger partial charge in [-0.25, -0.2) is 14.2 Å². The van der Waals surface area contributed by atoms with Crippen LogP contribution in [0, 0.1) is 17.2 Å². The summed E-state index contributed by atoms with van der Waals surface area (Å²) in [5, 5.41) is 11.2. The lowest BCUT2D eigenvalue weighted by Gasteiger charge is -2.28. The van der Waals surface area contributed by atoms with Crippen LogP contribution in [0.25, 0.3) is 16.7 Å². The summed E-state index contributed by atoms with van der Waals surface area (Å²) in [5.41, 5.74) is 0.969. The molecule has 10 heteroatoms. The Hall–Kier alpha value is -3.09. The van der Waals surface area contributed by atoms with Gasteiger partial charge in [0.25, 0.3) is 0 Å². The topological polar surface area (TPSA) is 88.5 Å².